The number of nitrogens with zero attached hydrogens (tertiary/aromatic N) is 1. The van der Waals surface area contributed by atoms with Crippen molar-refractivity contribution in [2.75, 3.05) is 13.1 Å². The molecule has 1 aromatic carbocycles. The first-order valence-electron chi connectivity index (χ1n) is 6.65. The lowest BCUT2D eigenvalue weighted by Gasteiger charge is -2.36. The van der Waals surface area contributed by atoms with Crippen molar-refractivity contribution in [3.05, 3.63) is 29.8 Å². The normalized spacial score (nSPS) is 24.6. The van der Waals surface area contributed by atoms with Crippen LogP contribution in [0.25, 0.3) is 0 Å². The lowest BCUT2D eigenvalue weighted by molar-refractivity contribution is -0.274. The molecule has 6 heteroatoms. The van der Waals surface area contributed by atoms with Gasteiger partial charge in [0.2, 0.25) is 0 Å². The van der Waals surface area contributed by atoms with Crippen molar-refractivity contribution in [3.63, 3.8) is 0 Å². The largest absolute Gasteiger partial charge is 0.573 e. The molecular weight excluding hydrogens is 269 g/mol. The Morgan fingerprint density at radius 2 is 1.90 bits per heavy atom. The Morgan fingerprint density at radius 3 is 2.50 bits per heavy atom. The molecular formula is C14H19F3N2O. The second-order valence-corrected chi connectivity index (χ2v) is 5.36. The number of alkyl halides is 3. The summed E-state index contributed by atoms with van der Waals surface area (Å²) >= 11 is 0. The molecule has 1 aliphatic rings. The Kier molecular flexibility index (Phi) is 4.55. The van der Waals surface area contributed by atoms with Crippen LogP contribution in [0, 0.1) is 0 Å². The number of rotatable bonds is 3. The molecule has 1 aromatic rings. The topological polar surface area (TPSA) is 24.5 Å². The highest BCUT2D eigenvalue weighted by Gasteiger charge is 2.31. The summed E-state index contributed by atoms with van der Waals surface area (Å²) in [6.07, 6.45) is -4.64. The van der Waals surface area contributed by atoms with Gasteiger partial charge in [-0.15, -0.1) is 13.2 Å². The first-order chi connectivity index (χ1) is 9.32. The van der Waals surface area contributed by atoms with Crippen molar-refractivity contribution < 1.29 is 17.9 Å². The van der Waals surface area contributed by atoms with E-state index in [1.165, 1.54) is 12.1 Å². The van der Waals surface area contributed by atoms with E-state index in [4.69, 9.17) is 0 Å². The van der Waals surface area contributed by atoms with Gasteiger partial charge in [0.05, 0.1) is 0 Å². The van der Waals surface area contributed by atoms with Crippen molar-refractivity contribution in [1.82, 2.24) is 10.2 Å². The highest BCUT2D eigenvalue weighted by atomic mass is 19.4. The Morgan fingerprint density at radius 1 is 1.25 bits per heavy atom. The number of hydrogen-bond donors (Lipinski definition) is 1. The van der Waals surface area contributed by atoms with Crippen molar-refractivity contribution in [3.8, 4) is 5.75 Å². The first-order valence-corrected chi connectivity index (χ1v) is 6.65. The maximum absolute atomic E-state index is 12.2. The van der Waals surface area contributed by atoms with Gasteiger partial charge in [0.1, 0.15) is 5.75 Å². The van der Waals surface area contributed by atoms with Gasteiger partial charge in [-0.2, -0.15) is 0 Å². The number of ether oxygens (including phenoxy) is 1. The highest BCUT2D eigenvalue weighted by molar-refractivity contribution is 5.28. The van der Waals surface area contributed by atoms with Crippen LogP contribution in [0.2, 0.25) is 0 Å². The van der Waals surface area contributed by atoms with E-state index in [0.29, 0.717) is 18.6 Å². The summed E-state index contributed by atoms with van der Waals surface area (Å²) in [5.74, 6) is -0.161. The molecule has 0 aliphatic carbocycles. The number of halogens is 3. The SMILES string of the molecule is CC1CN(Cc2cccc(OC(F)(F)F)c2)CC(C)N1. The highest BCUT2D eigenvalue weighted by Crippen LogP contribution is 2.24. The van der Waals surface area contributed by atoms with Crippen LogP contribution >= 0.6 is 0 Å². The predicted molar refractivity (Wildman–Crippen MR) is 70.5 cm³/mol. The average molecular weight is 288 g/mol. The van der Waals surface area contributed by atoms with Gasteiger partial charge < -0.3 is 10.1 Å². The monoisotopic (exact) mass is 288 g/mol. The molecule has 1 heterocycles. The van der Waals surface area contributed by atoms with Crippen LogP contribution in [0.15, 0.2) is 24.3 Å². The van der Waals surface area contributed by atoms with Gasteiger partial charge in [-0.3, -0.25) is 4.90 Å². The number of benzene rings is 1. The van der Waals surface area contributed by atoms with E-state index in [9.17, 15) is 13.2 Å². The fourth-order valence-corrected chi connectivity index (χ4v) is 2.67. The molecule has 1 aliphatic heterocycles. The maximum Gasteiger partial charge on any atom is 0.573 e. The molecule has 0 spiro atoms. The third kappa shape index (κ3) is 4.68. The first kappa shape index (κ1) is 15.1. The van der Waals surface area contributed by atoms with Crippen LogP contribution < -0.4 is 10.1 Å². The van der Waals surface area contributed by atoms with Gasteiger partial charge in [0, 0.05) is 31.7 Å². The van der Waals surface area contributed by atoms with Gasteiger partial charge in [0.25, 0.3) is 0 Å². The van der Waals surface area contributed by atoms with Crippen molar-refractivity contribution >= 4 is 0 Å². The molecule has 2 unspecified atom stereocenters. The summed E-state index contributed by atoms with van der Waals surface area (Å²) < 4.78 is 40.5. The summed E-state index contributed by atoms with van der Waals surface area (Å²) in [6, 6.07) is 6.94. The quantitative estimate of drug-likeness (QED) is 0.925. The Hall–Kier alpha value is -1.27. The molecule has 20 heavy (non-hydrogen) atoms. The molecule has 0 amide bonds. The van der Waals surface area contributed by atoms with Crippen molar-refractivity contribution in [2.45, 2.75) is 38.8 Å². The Labute approximate surface area is 116 Å². The van der Waals surface area contributed by atoms with Crippen LogP contribution in [0.5, 0.6) is 5.75 Å². The average Bonchev–Trinajstić information content (AvgIpc) is 2.25. The zero-order chi connectivity index (χ0) is 14.8. The van der Waals surface area contributed by atoms with Crippen LogP contribution in [0.4, 0.5) is 13.2 Å². The minimum Gasteiger partial charge on any atom is -0.406 e. The summed E-state index contributed by atoms with van der Waals surface area (Å²) in [5.41, 5.74) is 0.827. The van der Waals surface area contributed by atoms with E-state index in [1.807, 2.05) is 6.07 Å². The lowest BCUT2D eigenvalue weighted by atomic mass is 10.1. The van der Waals surface area contributed by atoms with Gasteiger partial charge in [0.15, 0.2) is 0 Å². The molecule has 1 N–H and O–H groups in total. The second kappa shape index (κ2) is 6.01. The lowest BCUT2D eigenvalue weighted by Crippen LogP contribution is -2.53. The van der Waals surface area contributed by atoms with E-state index in [-0.39, 0.29) is 5.75 Å². The third-order valence-corrected chi connectivity index (χ3v) is 3.17. The van der Waals surface area contributed by atoms with Gasteiger partial charge in [-0.25, -0.2) is 0 Å². The molecule has 1 fully saturated rings. The molecule has 0 bridgehead atoms. The predicted octanol–water partition coefficient (Wildman–Crippen LogP) is 2.77. The molecule has 0 saturated carbocycles. The van der Waals surface area contributed by atoms with E-state index in [1.54, 1.807) is 6.07 Å². The summed E-state index contributed by atoms with van der Waals surface area (Å²) in [7, 11) is 0. The minimum atomic E-state index is -4.64. The molecule has 1 saturated heterocycles. The van der Waals surface area contributed by atoms with E-state index in [2.05, 4.69) is 28.8 Å². The summed E-state index contributed by atoms with van der Waals surface area (Å²) in [6.45, 7) is 6.60. The molecule has 2 atom stereocenters. The zero-order valence-corrected chi connectivity index (χ0v) is 11.6. The second-order valence-electron chi connectivity index (χ2n) is 5.36. The van der Waals surface area contributed by atoms with Crippen molar-refractivity contribution in [2.24, 2.45) is 0 Å². The summed E-state index contributed by atoms with van der Waals surface area (Å²) in [4.78, 5) is 2.23. The van der Waals surface area contributed by atoms with Gasteiger partial charge in [-0.05, 0) is 31.5 Å². The zero-order valence-electron chi connectivity index (χ0n) is 11.6. The van der Waals surface area contributed by atoms with Crippen molar-refractivity contribution in [1.29, 1.82) is 0 Å². The van der Waals surface area contributed by atoms with Gasteiger partial charge >= 0.3 is 6.36 Å². The maximum atomic E-state index is 12.2. The Balaban J connectivity index is 2.00. The van der Waals surface area contributed by atoms with Crippen LogP contribution in [0.1, 0.15) is 19.4 Å². The standard InChI is InChI=1S/C14H19F3N2O/c1-10-7-19(8-11(2)18-10)9-12-4-3-5-13(6-12)20-14(15,16)17/h3-6,10-11,18H,7-9H2,1-2H3. The Bertz CT molecular complexity index is 440. The molecule has 0 aromatic heterocycles. The minimum absolute atomic E-state index is 0.161. The third-order valence-electron chi connectivity index (χ3n) is 3.17. The number of nitrogens with one attached hydrogen (secondary N) is 1. The fourth-order valence-electron chi connectivity index (χ4n) is 2.67. The van der Waals surface area contributed by atoms with E-state index in [0.717, 1.165) is 18.7 Å². The molecule has 0 radical (unpaired) electrons. The van der Waals surface area contributed by atoms with E-state index >= 15 is 0 Å². The van der Waals surface area contributed by atoms with E-state index < -0.39 is 6.36 Å². The smallest absolute Gasteiger partial charge is 0.406 e. The fraction of sp³-hybridized carbons (Fsp3) is 0.571. The van der Waals surface area contributed by atoms with Crippen LogP contribution in [0.3, 0.4) is 0 Å². The molecule has 112 valence electrons. The number of piperazine rings is 1. The number of hydrogen-bond acceptors (Lipinski definition) is 3. The summed E-state index contributed by atoms with van der Waals surface area (Å²) in [5, 5.41) is 3.42. The van der Waals surface area contributed by atoms with Gasteiger partial charge in [-0.1, -0.05) is 12.1 Å². The van der Waals surface area contributed by atoms with Crippen LogP contribution in [-0.2, 0) is 6.54 Å². The molecule has 2 rings (SSSR count). The molecule has 3 nitrogen and oxygen atoms in total. The van der Waals surface area contributed by atoms with Crippen LogP contribution in [-0.4, -0.2) is 36.4 Å².